The van der Waals surface area contributed by atoms with Crippen LogP contribution in [0.2, 0.25) is 0 Å². The number of amides is 1. The average Bonchev–Trinajstić information content (AvgIpc) is 3.10. The molecule has 14 nitrogen and oxygen atoms in total. The first-order valence-corrected chi connectivity index (χ1v) is 9.10. The van der Waals surface area contributed by atoms with Gasteiger partial charge in [-0.3, -0.25) is 19.1 Å². The van der Waals surface area contributed by atoms with Crippen molar-refractivity contribution in [1.29, 1.82) is 0 Å². The molecule has 1 amide bonds. The van der Waals surface area contributed by atoms with Crippen molar-refractivity contribution in [3.63, 3.8) is 0 Å². The first-order chi connectivity index (χ1) is 14.7. The van der Waals surface area contributed by atoms with Gasteiger partial charge in [0, 0.05) is 18.2 Å². The number of nitrogens with zero attached hydrogens (tertiary/aromatic N) is 5. The number of aliphatic hydroxyl groups excluding tert-OH is 2. The van der Waals surface area contributed by atoms with Crippen LogP contribution >= 0.6 is 0 Å². The van der Waals surface area contributed by atoms with Gasteiger partial charge in [0.15, 0.2) is 11.6 Å². The van der Waals surface area contributed by atoms with Crippen molar-refractivity contribution in [3.05, 3.63) is 28.6 Å². The standard InChI is InChI=1S/C17H21N7O7/c1-8-3-24(11-2-9(27)10(5-25)31-11)17(30)22-15(8)21-13-14(18)19-6-20-16(13)23(7-26)4-12(28)29/h3,6-7,9-11,25,27H,2,4-5H2,1H3,(H,28,29)(H2,18,19,20)(H,21,22,30)/t9-,10+,11+/m0/s1. The van der Waals surface area contributed by atoms with Crippen LogP contribution in [0.3, 0.4) is 0 Å². The molecule has 2 aromatic rings. The monoisotopic (exact) mass is 435 g/mol. The second-order valence-corrected chi connectivity index (χ2v) is 6.79. The highest BCUT2D eigenvalue weighted by atomic mass is 16.5. The molecule has 0 aliphatic carbocycles. The number of rotatable bonds is 8. The molecule has 0 saturated carbocycles. The second-order valence-electron chi connectivity index (χ2n) is 6.79. The molecule has 0 aromatic carbocycles. The van der Waals surface area contributed by atoms with E-state index in [1.165, 1.54) is 10.8 Å². The summed E-state index contributed by atoms with van der Waals surface area (Å²) in [6.45, 7) is 0.572. The predicted octanol–water partition coefficient (Wildman–Crippen LogP) is -1.64. The number of aryl methyl sites for hydroxylation is 1. The third-order valence-corrected chi connectivity index (χ3v) is 4.63. The Bertz CT molecular complexity index is 1040. The van der Waals surface area contributed by atoms with E-state index < -0.39 is 43.2 Å². The molecule has 1 saturated heterocycles. The van der Waals surface area contributed by atoms with Gasteiger partial charge in [0.25, 0.3) is 0 Å². The first kappa shape index (κ1) is 22.1. The minimum atomic E-state index is -1.27. The van der Waals surface area contributed by atoms with Crippen molar-refractivity contribution in [2.45, 2.75) is 31.8 Å². The van der Waals surface area contributed by atoms with Gasteiger partial charge >= 0.3 is 11.7 Å². The smallest absolute Gasteiger partial charge is 0.351 e. The van der Waals surface area contributed by atoms with Gasteiger partial charge in [0.2, 0.25) is 6.41 Å². The quantitative estimate of drug-likeness (QED) is 0.296. The minimum absolute atomic E-state index is 0.00326. The molecule has 0 unspecified atom stereocenters. The van der Waals surface area contributed by atoms with Crippen molar-refractivity contribution in [2.24, 2.45) is 0 Å². The van der Waals surface area contributed by atoms with Crippen molar-refractivity contribution < 1.29 is 29.6 Å². The van der Waals surface area contributed by atoms with Gasteiger partial charge in [-0.1, -0.05) is 0 Å². The summed E-state index contributed by atoms with van der Waals surface area (Å²) in [5, 5.41) is 30.9. The van der Waals surface area contributed by atoms with Gasteiger partial charge in [0.05, 0.1) is 12.7 Å². The van der Waals surface area contributed by atoms with Crippen LogP contribution < -0.4 is 21.6 Å². The van der Waals surface area contributed by atoms with E-state index >= 15 is 0 Å². The maximum Gasteiger partial charge on any atom is 0.351 e. The zero-order chi connectivity index (χ0) is 22.7. The Hall–Kier alpha value is -3.62. The maximum absolute atomic E-state index is 12.6. The van der Waals surface area contributed by atoms with E-state index in [0.717, 1.165) is 11.2 Å². The lowest BCUT2D eigenvalue weighted by Gasteiger charge is -2.20. The summed E-state index contributed by atoms with van der Waals surface area (Å²) >= 11 is 0. The zero-order valence-corrected chi connectivity index (χ0v) is 16.4. The van der Waals surface area contributed by atoms with Crippen molar-refractivity contribution in [2.75, 3.05) is 29.1 Å². The van der Waals surface area contributed by atoms with E-state index in [1.54, 1.807) is 6.92 Å². The summed E-state index contributed by atoms with van der Waals surface area (Å²) in [4.78, 5) is 47.4. The molecule has 2 aromatic heterocycles. The topological polar surface area (TPSA) is 206 Å². The zero-order valence-electron chi connectivity index (χ0n) is 16.4. The fourth-order valence-electron chi connectivity index (χ4n) is 3.10. The number of hydrogen-bond acceptors (Lipinski definition) is 11. The molecular weight excluding hydrogens is 414 g/mol. The van der Waals surface area contributed by atoms with Crippen molar-refractivity contribution in [1.82, 2.24) is 19.5 Å². The summed E-state index contributed by atoms with van der Waals surface area (Å²) in [6.07, 6.45) is 0.360. The molecule has 6 N–H and O–H groups in total. The number of carbonyl (C=O) groups excluding carboxylic acids is 1. The first-order valence-electron chi connectivity index (χ1n) is 9.10. The number of anilines is 4. The maximum atomic E-state index is 12.6. The normalized spacial score (nSPS) is 20.4. The third-order valence-electron chi connectivity index (χ3n) is 4.63. The molecule has 1 aliphatic rings. The number of carboxylic acids is 1. The Morgan fingerprint density at radius 3 is 2.84 bits per heavy atom. The van der Waals surface area contributed by atoms with Gasteiger partial charge in [-0.05, 0) is 6.92 Å². The lowest BCUT2D eigenvalue weighted by atomic mass is 10.2. The highest BCUT2D eigenvalue weighted by Crippen LogP contribution is 2.31. The molecule has 3 rings (SSSR count). The Morgan fingerprint density at radius 1 is 1.48 bits per heavy atom. The van der Waals surface area contributed by atoms with Crippen LogP contribution in [0, 0.1) is 6.92 Å². The number of aliphatic hydroxyl groups is 2. The Balaban J connectivity index is 1.94. The second kappa shape index (κ2) is 9.03. The largest absolute Gasteiger partial charge is 0.480 e. The van der Waals surface area contributed by atoms with Crippen LogP contribution in [0.4, 0.5) is 23.1 Å². The number of carbonyl (C=O) groups is 2. The highest BCUT2D eigenvalue weighted by molar-refractivity contribution is 5.91. The molecule has 14 heteroatoms. The Labute approximate surface area is 174 Å². The fourth-order valence-corrected chi connectivity index (χ4v) is 3.10. The average molecular weight is 435 g/mol. The number of aliphatic carboxylic acids is 1. The van der Waals surface area contributed by atoms with E-state index in [-0.39, 0.29) is 36.0 Å². The number of nitrogens with two attached hydrogens (primary N) is 1. The molecule has 3 atom stereocenters. The Kier molecular flexibility index (Phi) is 6.43. The van der Waals surface area contributed by atoms with Crippen molar-refractivity contribution >= 4 is 35.5 Å². The predicted molar refractivity (Wildman–Crippen MR) is 106 cm³/mol. The van der Waals surface area contributed by atoms with E-state index in [0.29, 0.717) is 5.56 Å². The number of ether oxygens (including phenoxy) is 1. The van der Waals surface area contributed by atoms with Gasteiger partial charge in [0.1, 0.15) is 36.7 Å². The number of nitrogen functional groups attached to an aromatic ring is 1. The van der Waals surface area contributed by atoms with Crippen LogP contribution in [0.15, 0.2) is 17.3 Å². The van der Waals surface area contributed by atoms with Gasteiger partial charge < -0.3 is 31.1 Å². The van der Waals surface area contributed by atoms with Gasteiger partial charge in [-0.15, -0.1) is 0 Å². The van der Waals surface area contributed by atoms with E-state index in [1.807, 2.05) is 0 Å². The molecule has 0 bridgehead atoms. The minimum Gasteiger partial charge on any atom is -0.480 e. The fraction of sp³-hybridized carbons (Fsp3) is 0.412. The molecule has 166 valence electrons. The van der Waals surface area contributed by atoms with Crippen LogP contribution in [0.5, 0.6) is 0 Å². The molecule has 1 aliphatic heterocycles. The summed E-state index contributed by atoms with van der Waals surface area (Å²) in [7, 11) is 0. The number of aromatic nitrogens is 4. The number of hydrogen-bond donors (Lipinski definition) is 5. The van der Waals surface area contributed by atoms with Crippen LogP contribution in [0.25, 0.3) is 0 Å². The van der Waals surface area contributed by atoms with Crippen LogP contribution in [-0.2, 0) is 14.3 Å². The summed E-state index contributed by atoms with van der Waals surface area (Å²) in [6, 6.07) is 0. The molecule has 3 heterocycles. The van der Waals surface area contributed by atoms with Crippen LogP contribution in [-0.4, -0.2) is 72.6 Å². The lowest BCUT2D eigenvalue weighted by molar-refractivity contribution is -0.136. The van der Waals surface area contributed by atoms with E-state index in [9.17, 15) is 24.6 Å². The van der Waals surface area contributed by atoms with Crippen LogP contribution in [0.1, 0.15) is 18.2 Å². The third kappa shape index (κ3) is 4.60. The molecular formula is C17H21N7O7. The number of carboxylic acid groups (broad SMARTS) is 1. The molecule has 1 fully saturated rings. The summed E-state index contributed by atoms with van der Waals surface area (Å²) in [5.74, 6) is -1.40. The summed E-state index contributed by atoms with van der Waals surface area (Å²) in [5.41, 5.74) is 5.62. The molecule has 0 spiro atoms. The highest BCUT2D eigenvalue weighted by Gasteiger charge is 2.35. The number of nitrogens with one attached hydrogen (secondary N) is 1. The SMILES string of the molecule is Cc1cn([C@H]2C[C@H](O)[C@@H](CO)O2)c(=O)nc1Nc1c(N)ncnc1N(C=O)CC(=O)O. The lowest BCUT2D eigenvalue weighted by Crippen LogP contribution is -2.30. The van der Waals surface area contributed by atoms with Gasteiger partial charge in [-0.25, -0.2) is 14.8 Å². The molecule has 0 radical (unpaired) electrons. The van der Waals surface area contributed by atoms with Gasteiger partial charge in [-0.2, -0.15) is 4.98 Å². The summed E-state index contributed by atoms with van der Waals surface area (Å²) < 4.78 is 6.67. The van der Waals surface area contributed by atoms with E-state index in [4.69, 9.17) is 15.6 Å². The Morgan fingerprint density at radius 2 is 2.23 bits per heavy atom. The van der Waals surface area contributed by atoms with Crippen molar-refractivity contribution in [3.8, 4) is 0 Å². The molecule has 31 heavy (non-hydrogen) atoms. The van der Waals surface area contributed by atoms with E-state index in [2.05, 4.69) is 20.3 Å².